The SMILES string of the molecule is CC(C)C1CCCC(NCC2(C)CCCS2)CC1. The lowest BCUT2D eigenvalue weighted by atomic mass is 9.89. The molecule has 1 aliphatic carbocycles. The van der Waals surface area contributed by atoms with Crippen LogP contribution in [0.3, 0.4) is 0 Å². The van der Waals surface area contributed by atoms with Gasteiger partial charge in [-0.1, -0.05) is 26.7 Å². The van der Waals surface area contributed by atoms with Gasteiger partial charge >= 0.3 is 0 Å². The average Bonchev–Trinajstić information content (AvgIpc) is 2.64. The highest BCUT2D eigenvalue weighted by Gasteiger charge is 2.30. The van der Waals surface area contributed by atoms with E-state index in [0.717, 1.165) is 17.9 Å². The monoisotopic (exact) mass is 269 g/mol. The lowest BCUT2D eigenvalue weighted by Gasteiger charge is -2.27. The Kier molecular flexibility index (Phi) is 5.44. The van der Waals surface area contributed by atoms with Crippen molar-refractivity contribution in [3.63, 3.8) is 0 Å². The molecule has 2 heteroatoms. The molecule has 2 fully saturated rings. The zero-order valence-corrected chi connectivity index (χ0v) is 13.3. The highest BCUT2D eigenvalue weighted by Crippen LogP contribution is 2.37. The molecule has 1 saturated heterocycles. The minimum Gasteiger partial charge on any atom is -0.313 e. The third-order valence-electron chi connectivity index (χ3n) is 5.02. The van der Waals surface area contributed by atoms with Crippen molar-refractivity contribution in [3.05, 3.63) is 0 Å². The van der Waals surface area contributed by atoms with Crippen molar-refractivity contribution in [2.24, 2.45) is 11.8 Å². The van der Waals surface area contributed by atoms with Crippen LogP contribution in [-0.4, -0.2) is 23.1 Å². The van der Waals surface area contributed by atoms with Gasteiger partial charge in [-0.2, -0.15) is 11.8 Å². The van der Waals surface area contributed by atoms with Crippen LogP contribution in [0.15, 0.2) is 0 Å². The Morgan fingerprint density at radius 3 is 2.67 bits per heavy atom. The van der Waals surface area contributed by atoms with Gasteiger partial charge in [0.1, 0.15) is 0 Å². The summed E-state index contributed by atoms with van der Waals surface area (Å²) >= 11 is 2.18. The molecule has 2 aliphatic rings. The van der Waals surface area contributed by atoms with Crippen LogP contribution in [-0.2, 0) is 0 Å². The summed E-state index contributed by atoms with van der Waals surface area (Å²) < 4.78 is 0.532. The Balaban J connectivity index is 1.73. The van der Waals surface area contributed by atoms with Crippen molar-refractivity contribution in [2.45, 2.75) is 76.5 Å². The Bertz CT molecular complexity index is 245. The largest absolute Gasteiger partial charge is 0.313 e. The zero-order valence-electron chi connectivity index (χ0n) is 12.5. The first kappa shape index (κ1) is 14.7. The van der Waals surface area contributed by atoms with E-state index in [0.29, 0.717) is 4.75 Å². The van der Waals surface area contributed by atoms with Gasteiger partial charge in [0.15, 0.2) is 0 Å². The maximum absolute atomic E-state index is 3.88. The van der Waals surface area contributed by atoms with Gasteiger partial charge in [0.25, 0.3) is 0 Å². The van der Waals surface area contributed by atoms with Crippen molar-refractivity contribution >= 4 is 11.8 Å². The van der Waals surface area contributed by atoms with E-state index in [-0.39, 0.29) is 0 Å². The van der Waals surface area contributed by atoms with Crippen LogP contribution in [0.5, 0.6) is 0 Å². The Hall–Kier alpha value is 0.310. The van der Waals surface area contributed by atoms with E-state index in [2.05, 4.69) is 37.8 Å². The molecule has 3 unspecified atom stereocenters. The minimum atomic E-state index is 0.532. The van der Waals surface area contributed by atoms with Crippen LogP contribution in [0.1, 0.15) is 65.7 Å². The summed E-state index contributed by atoms with van der Waals surface area (Å²) in [7, 11) is 0. The van der Waals surface area contributed by atoms with E-state index in [9.17, 15) is 0 Å². The molecule has 106 valence electrons. The lowest BCUT2D eigenvalue weighted by Crippen LogP contribution is -2.39. The summed E-state index contributed by atoms with van der Waals surface area (Å²) in [6.07, 6.45) is 9.98. The van der Waals surface area contributed by atoms with Crippen LogP contribution in [0.4, 0.5) is 0 Å². The van der Waals surface area contributed by atoms with Gasteiger partial charge in [0.05, 0.1) is 0 Å². The van der Waals surface area contributed by atoms with Crippen molar-refractivity contribution in [1.82, 2.24) is 5.32 Å². The van der Waals surface area contributed by atoms with Gasteiger partial charge < -0.3 is 5.32 Å². The molecule has 0 spiro atoms. The Morgan fingerprint density at radius 2 is 2.00 bits per heavy atom. The third-order valence-corrected chi connectivity index (χ3v) is 6.56. The van der Waals surface area contributed by atoms with Crippen molar-refractivity contribution in [3.8, 4) is 0 Å². The van der Waals surface area contributed by atoms with Gasteiger partial charge in [-0.25, -0.2) is 0 Å². The molecule has 1 N–H and O–H groups in total. The van der Waals surface area contributed by atoms with Crippen molar-refractivity contribution in [2.75, 3.05) is 12.3 Å². The second kappa shape index (κ2) is 6.65. The molecule has 2 rings (SSSR count). The molecule has 1 nitrogen and oxygen atoms in total. The summed E-state index contributed by atoms with van der Waals surface area (Å²) in [5.74, 6) is 3.23. The molecular weight excluding hydrogens is 238 g/mol. The topological polar surface area (TPSA) is 12.0 Å². The molecular formula is C16H31NS. The fourth-order valence-corrected chi connectivity index (χ4v) is 4.79. The number of hydrogen-bond acceptors (Lipinski definition) is 2. The van der Waals surface area contributed by atoms with Crippen LogP contribution in [0.25, 0.3) is 0 Å². The van der Waals surface area contributed by atoms with Gasteiger partial charge in [0, 0.05) is 17.3 Å². The molecule has 1 saturated carbocycles. The molecule has 0 radical (unpaired) electrons. The molecule has 0 amide bonds. The van der Waals surface area contributed by atoms with Crippen LogP contribution < -0.4 is 5.32 Å². The molecule has 0 aromatic rings. The van der Waals surface area contributed by atoms with E-state index >= 15 is 0 Å². The third kappa shape index (κ3) is 4.16. The first-order chi connectivity index (χ1) is 8.59. The van der Waals surface area contributed by atoms with Crippen LogP contribution in [0.2, 0.25) is 0 Å². The Labute approximate surface area is 118 Å². The second-order valence-corrected chi connectivity index (χ2v) is 8.67. The van der Waals surface area contributed by atoms with E-state index < -0.39 is 0 Å². The fraction of sp³-hybridized carbons (Fsp3) is 1.00. The number of thioether (sulfide) groups is 1. The minimum absolute atomic E-state index is 0.532. The molecule has 0 aromatic carbocycles. The van der Waals surface area contributed by atoms with Gasteiger partial charge in [-0.15, -0.1) is 0 Å². The maximum Gasteiger partial charge on any atom is 0.0256 e. The van der Waals surface area contributed by atoms with Gasteiger partial charge in [-0.05, 0) is 56.6 Å². The Morgan fingerprint density at radius 1 is 1.17 bits per heavy atom. The molecule has 1 heterocycles. The number of rotatable bonds is 4. The van der Waals surface area contributed by atoms with E-state index in [1.54, 1.807) is 0 Å². The predicted molar refractivity (Wildman–Crippen MR) is 83.3 cm³/mol. The molecule has 1 aliphatic heterocycles. The zero-order chi connectivity index (χ0) is 13.0. The van der Waals surface area contributed by atoms with Gasteiger partial charge in [-0.3, -0.25) is 0 Å². The molecule has 18 heavy (non-hydrogen) atoms. The summed E-state index contributed by atoms with van der Waals surface area (Å²) in [6.45, 7) is 8.48. The van der Waals surface area contributed by atoms with Crippen molar-refractivity contribution < 1.29 is 0 Å². The van der Waals surface area contributed by atoms with Crippen LogP contribution >= 0.6 is 11.8 Å². The summed E-state index contributed by atoms with van der Waals surface area (Å²) in [5.41, 5.74) is 0. The predicted octanol–water partition coefficient (Wildman–Crippen LogP) is 4.47. The standard InChI is InChI=1S/C16H31NS/c1-13(2)14-6-4-7-15(9-8-14)17-12-16(3)10-5-11-18-16/h13-15,17H,4-12H2,1-3H3. The molecule has 0 aromatic heterocycles. The molecule has 0 bridgehead atoms. The second-order valence-electron chi connectivity index (χ2n) is 6.99. The smallest absolute Gasteiger partial charge is 0.0256 e. The van der Waals surface area contributed by atoms with E-state index in [1.807, 2.05) is 0 Å². The summed E-state index contributed by atoms with van der Waals surface area (Å²) in [5, 5.41) is 3.88. The quantitative estimate of drug-likeness (QED) is 0.756. The average molecular weight is 269 g/mol. The fourth-order valence-electron chi connectivity index (χ4n) is 3.54. The number of hydrogen-bond donors (Lipinski definition) is 1. The first-order valence-corrected chi connectivity index (χ1v) is 8.95. The number of nitrogens with one attached hydrogen (secondary N) is 1. The van der Waals surface area contributed by atoms with Gasteiger partial charge in [0.2, 0.25) is 0 Å². The normalized spacial score (nSPS) is 38.0. The highest BCUT2D eigenvalue weighted by molar-refractivity contribution is 8.00. The van der Waals surface area contributed by atoms with Crippen LogP contribution in [0, 0.1) is 11.8 Å². The van der Waals surface area contributed by atoms with Crippen molar-refractivity contribution in [1.29, 1.82) is 0 Å². The lowest BCUT2D eigenvalue weighted by molar-refractivity contribution is 0.336. The van der Waals surface area contributed by atoms with E-state index in [1.165, 1.54) is 57.2 Å². The highest BCUT2D eigenvalue weighted by atomic mass is 32.2. The summed E-state index contributed by atoms with van der Waals surface area (Å²) in [4.78, 5) is 0. The summed E-state index contributed by atoms with van der Waals surface area (Å²) in [6, 6.07) is 0.798. The molecule has 3 atom stereocenters. The van der Waals surface area contributed by atoms with E-state index in [4.69, 9.17) is 0 Å². The maximum atomic E-state index is 3.88. The first-order valence-electron chi connectivity index (χ1n) is 7.96.